The van der Waals surface area contributed by atoms with Crippen LogP contribution in [0.5, 0.6) is 0 Å². The van der Waals surface area contributed by atoms with E-state index in [-0.39, 0.29) is 10.8 Å². The van der Waals surface area contributed by atoms with Crippen molar-refractivity contribution >= 4 is 15.8 Å². The van der Waals surface area contributed by atoms with Gasteiger partial charge < -0.3 is 4.90 Å². The van der Waals surface area contributed by atoms with Crippen LogP contribution in [-0.4, -0.2) is 48.0 Å². The third-order valence-corrected chi connectivity index (χ3v) is 6.27. The number of aromatic nitrogens is 4. The first-order valence-electron chi connectivity index (χ1n) is 8.60. The van der Waals surface area contributed by atoms with Crippen LogP contribution in [0.2, 0.25) is 0 Å². The van der Waals surface area contributed by atoms with Gasteiger partial charge in [-0.25, -0.2) is 13.1 Å². The molecule has 1 aliphatic heterocycles. The SMILES string of the molecule is Cn1cc(S(=O)(=O)NCC2CN(c3cc4c(nn3)CCCC4)C2)cn1. The van der Waals surface area contributed by atoms with Gasteiger partial charge in [0.1, 0.15) is 4.90 Å². The fraction of sp³-hybridized carbons (Fsp3) is 0.562. The van der Waals surface area contributed by atoms with E-state index in [9.17, 15) is 8.42 Å². The lowest BCUT2D eigenvalue weighted by molar-refractivity contribution is 0.401. The number of nitrogens with zero attached hydrogens (tertiary/aromatic N) is 5. The fourth-order valence-corrected chi connectivity index (χ4v) is 4.47. The lowest BCUT2D eigenvalue weighted by Gasteiger charge is -2.40. The molecule has 0 aromatic carbocycles. The summed E-state index contributed by atoms with van der Waals surface area (Å²) in [7, 11) is -1.79. The van der Waals surface area contributed by atoms with E-state index in [4.69, 9.17) is 0 Å². The topological polar surface area (TPSA) is 93.0 Å². The molecule has 25 heavy (non-hydrogen) atoms. The van der Waals surface area contributed by atoms with E-state index in [2.05, 4.69) is 31.0 Å². The van der Waals surface area contributed by atoms with Gasteiger partial charge in [0.05, 0.1) is 11.9 Å². The average Bonchev–Trinajstić information content (AvgIpc) is 3.00. The highest BCUT2D eigenvalue weighted by Gasteiger charge is 2.30. The van der Waals surface area contributed by atoms with Gasteiger partial charge in [-0.1, -0.05) is 0 Å². The summed E-state index contributed by atoms with van der Waals surface area (Å²) in [4.78, 5) is 2.36. The van der Waals surface area contributed by atoms with Crippen LogP contribution in [-0.2, 0) is 29.9 Å². The number of fused-ring (bicyclic) bond motifs is 1. The van der Waals surface area contributed by atoms with Gasteiger partial charge in [-0.15, -0.1) is 5.10 Å². The molecule has 2 aromatic rings. The first-order valence-corrected chi connectivity index (χ1v) is 10.1. The molecular weight excluding hydrogens is 340 g/mol. The van der Waals surface area contributed by atoms with Crippen LogP contribution in [0.15, 0.2) is 23.4 Å². The quantitative estimate of drug-likeness (QED) is 0.833. The Labute approximate surface area is 147 Å². The van der Waals surface area contributed by atoms with Crippen molar-refractivity contribution in [1.29, 1.82) is 0 Å². The Kier molecular flexibility index (Phi) is 4.20. The third-order valence-electron chi connectivity index (χ3n) is 4.89. The first-order chi connectivity index (χ1) is 12.0. The van der Waals surface area contributed by atoms with E-state index in [1.165, 1.54) is 35.5 Å². The van der Waals surface area contributed by atoms with Crippen LogP contribution in [0.4, 0.5) is 5.82 Å². The summed E-state index contributed by atoms with van der Waals surface area (Å²) in [6.07, 6.45) is 7.39. The maximum Gasteiger partial charge on any atom is 0.243 e. The summed E-state index contributed by atoms with van der Waals surface area (Å²) in [5, 5.41) is 12.6. The van der Waals surface area contributed by atoms with Gasteiger partial charge in [0.25, 0.3) is 0 Å². The molecule has 9 heteroatoms. The number of hydrogen-bond donors (Lipinski definition) is 1. The van der Waals surface area contributed by atoms with Gasteiger partial charge in [-0.3, -0.25) is 4.68 Å². The summed E-state index contributed by atoms with van der Waals surface area (Å²) in [5.74, 6) is 1.19. The van der Waals surface area contributed by atoms with E-state index < -0.39 is 10.0 Å². The molecule has 134 valence electrons. The van der Waals surface area contributed by atoms with E-state index in [1.54, 1.807) is 7.05 Å². The highest BCUT2D eigenvalue weighted by molar-refractivity contribution is 7.89. The molecule has 0 amide bonds. The molecule has 0 saturated carbocycles. The van der Waals surface area contributed by atoms with E-state index in [1.807, 2.05) is 0 Å². The molecule has 0 radical (unpaired) electrons. The molecular formula is C16H22N6O2S. The summed E-state index contributed by atoms with van der Waals surface area (Å²) >= 11 is 0. The number of sulfonamides is 1. The van der Waals surface area contributed by atoms with Crippen molar-refractivity contribution in [2.24, 2.45) is 13.0 Å². The van der Waals surface area contributed by atoms with Crippen LogP contribution >= 0.6 is 0 Å². The molecule has 0 bridgehead atoms. The molecule has 0 spiro atoms. The van der Waals surface area contributed by atoms with E-state index >= 15 is 0 Å². The number of anilines is 1. The average molecular weight is 362 g/mol. The Morgan fingerprint density at radius 1 is 1.24 bits per heavy atom. The van der Waals surface area contributed by atoms with Crippen LogP contribution < -0.4 is 9.62 Å². The number of hydrogen-bond acceptors (Lipinski definition) is 6. The van der Waals surface area contributed by atoms with Crippen molar-refractivity contribution in [3.63, 3.8) is 0 Å². The van der Waals surface area contributed by atoms with Crippen LogP contribution in [0.25, 0.3) is 0 Å². The van der Waals surface area contributed by atoms with E-state index in [0.717, 1.165) is 37.4 Å². The van der Waals surface area contributed by atoms with Crippen LogP contribution in [0.3, 0.4) is 0 Å². The van der Waals surface area contributed by atoms with Gasteiger partial charge in [-0.05, 0) is 37.3 Å². The second kappa shape index (κ2) is 6.38. The Bertz CT molecular complexity index is 873. The predicted molar refractivity (Wildman–Crippen MR) is 92.8 cm³/mol. The van der Waals surface area contributed by atoms with Gasteiger partial charge in [0.15, 0.2) is 5.82 Å². The molecule has 1 saturated heterocycles. The van der Waals surface area contributed by atoms with Crippen molar-refractivity contribution < 1.29 is 8.42 Å². The third kappa shape index (κ3) is 3.38. The van der Waals surface area contributed by atoms with Crippen LogP contribution in [0, 0.1) is 5.92 Å². The summed E-state index contributed by atoms with van der Waals surface area (Å²) in [5.41, 5.74) is 2.45. The molecule has 0 unspecified atom stereocenters. The van der Waals surface area contributed by atoms with Crippen molar-refractivity contribution in [2.75, 3.05) is 24.5 Å². The standard InChI is InChI=1S/C16H22N6O2S/c1-21-11-14(8-17-21)25(23,24)18-7-12-9-22(10-12)16-6-13-4-2-3-5-15(13)19-20-16/h6,8,11-12,18H,2-5,7,9-10H2,1H3. The Morgan fingerprint density at radius 3 is 2.80 bits per heavy atom. The monoisotopic (exact) mass is 362 g/mol. The van der Waals surface area contributed by atoms with Crippen molar-refractivity contribution in [1.82, 2.24) is 24.7 Å². The molecule has 1 N–H and O–H groups in total. The molecule has 2 aromatic heterocycles. The molecule has 3 heterocycles. The second-order valence-electron chi connectivity index (χ2n) is 6.85. The maximum absolute atomic E-state index is 12.2. The zero-order valence-electron chi connectivity index (χ0n) is 14.2. The minimum Gasteiger partial charge on any atom is -0.354 e. The minimum atomic E-state index is -3.48. The van der Waals surface area contributed by atoms with Crippen molar-refractivity contribution in [3.8, 4) is 0 Å². The number of aryl methyl sites for hydroxylation is 3. The lowest BCUT2D eigenvalue weighted by Crippen LogP contribution is -2.52. The smallest absolute Gasteiger partial charge is 0.243 e. The summed E-state index contributed by atoms with van der Waals surface area (Å²) in [6.45, 7) is 2.01. The van der Waals surface area contributed by atoms with Gasteiger partial charge >= 0.3 is 0 Å². The zero-order valence-corrected chi connectivity index (χ0v) is 15.0. The fourth-order valence-electron chi connectivity index (χ4n) is 3.37. The number of rotatable bonds is 5. The molecule has 1 fully saturated rings. The van der Waals surface area contributed by atoms with Crippen molar-refractivity contribution in [3.05, 3.63) is 29.7 Å². The molecule has 8 nitrogen and oxygen atoms in total. The highest BCUT2D eigenvalue weighted by Crippen LogP contribution is 2.26. The molecule has 0 atom stereocenters. The van der Waals surface area contributed by atoms with E-state index in [0.29, 0.717) is 6.54 Å². The molecule has 4 rings (SSSR count). The van der Waals surface area contributed by atoms with Crippen LogP contribution in [0.1, 0.15) is 24.1 Å². The lowest BCUT2D eigenvalue weighted by atomic mass is 9.96. The zero-order chi connectivity index (χ0) is 17.4. The Morgan fingerprint density at radius 2 is 2.04 bits per heavy atom. The second-order valence-corrected chi connectivity index (χ2v) is 8.62. The first kappa shape index (κ1) is 16.5. The predicted octanol–water partition coefficient (Wildman–Crippen LogP) is 0.504. The molecule has 2 aliphatic rings. The summed E-state index contributed by atoms with van der Waals surface area (Å²) < 4.78 is 28.6. The van der Waals surface area contributed by atoms with Gasteiger partial charge in [-0.2, -0.15) is 10.2 Å². The molecule has 1 aliphatic carbocycles. The summed E-state index contributed by atoms with van der Waals surface area (Å²) in [6, 6.07) is 2.15. The Balaban J connectivity index is 1.32. The van der Waals surface area contributed by atoms with Gasteiger partial charge in [0.2, 0.25) is 10.0 Å². The maximum atomic E-state index is 12.2. The minimum absolute atomic E-state index is 0.201. The van der Waals surface area contributed by atoms with Crippen molar-refractivity contribution in [2.45, 2.75) is 30.6 Å². The normalized spacial score (nSPS) is 18.0. The highest BCUT2D eigenvalue weighted by atomic mass is 32.2. The number of nitrogens with one attached hydrogen (secondary N) is 1. The largest absolute Gasteiger partial charge is 0.354 e. The van der Waals surface area contributed by atoms with Gasteiger partial charge in [0, 0.05) is 38.8 Å². The Hall–Kier alpha value is -2.00.